The summed E-state index contributed by atoms with van der Waals surface area (Å²) in [5.74, 6) is 2.01. The van der Waals surface area contributed by atoms with E-state index >= 15 is 0 Å². The van der Waals surface area contributed by atoms with Crippen LogP contribution in [0.1, 0.15) is 45.0 Å². The van der Waals surface area contributed by atoms with E-state index < -0.39 is 0 Å². The first-order valence-electron chi connectivity index (χ1n) is 6.17. The molecule has 0 aliphatic carbocycles. The van der Waals surface area contributed by atoms with Crippen LogP contribution in [0.4, 0.5) is 0 Å². The second-order valence-electron chi connectivity index (χ2n) is 4.66. The molecule has 2 unspecified atom stereocenters. The third-order valence-electron chi connectivity index (χ3n) is 2.97. The van der Waals surface area contributed by atoms with Gasteiger partial charge in [0.15, 0.2) is 0 Å². The van der Waals surface area contributed by atoms with Crippen molar-refractivity contribution in [2.75, 3.05) is 13.7 Å². The first kappa shape index (κ1) is 14.1. The quantitative estimate of drug-likeness (QED) is 0.789. The molecule has 2 atom stereocenters. The summed E-state index contributed by atoms with van der Waals surface area (Å²) >= 11 is 0. The lowest BCUT2D eigenvalue weighted by Gasteiger charge is -2.14. The molecule has 0 aromatic carbocycles. The Morgan fingerprint density at radius 2 is 2.12 bits per heavy atom. The molecule has 98 valence electrons. The van der Waals surface area contributed by atoms with E-state index in [1.54, 1.807) is 7.11 Å². The van der Waals surface area contributed by atoms with Crippen LogP contribution in [0.25, 0.3) is 0 Å². The van der Waals surface area contributed by atoms with E-state index in [4.69, 9.17) is 15.0 Å². The second kappa shape index (κ2) is 6.71. The molecule has 0 saturated carbocycles. The standard InChI is InChI=1S/C12H23N3O2/c1-5-9(7-13)6-10-14-12(15-17-10)11(16-4)8(2)3/h8-9,11H,5-7,13H2,1-4H3. The summed E-state index contributed by atoms with van der Waals surface area (Å²) in [6.45, 7) is 6.89. The molecule has 1 rings (SSSR count). The number of ether oxygens (including phenoxy) is 1. The molecular formula is C12H23N3O2. The minimum Gasteiger partial charge on any atom is -0.373 e. The Morgan fingerprint density at radius 3 is 2.59 bits per heavy atom. The van der Waals surface area contributed by atoms with E-state index in [-0.39, 0.29) is 6.10 Å². The van der Waals surface area contributed by atoms with Crippen LogP contribution in [0.15, 0.2) is 4.52 Å². The maximum atomic E-state index is 5.66. The molecule has 0 radical (unpaired) electrons. The largest absolute Gasteiger partial charge is 0.373 e. The number of nitrogens with two attached hydrogens (primary N) is 1. The van der Waals surface area contributed by atoms with Gasteiger partial charge in [-0.15, -0.1) is 0 Å². The lowest BCUT2D eigenvalue weighted by molar-refractivity contribution is 0.0555. The smallest absolute Gasteiger partial charge is 0.227 e. The van der Waals surface area contributed by atoms with Gasteiger partial charge in [-0.3, -0.25) is 0 Å². The van der Waals surface area contributed by atoms with Gasteiger partial charge in [0.1, 0.15) is 6.10 Å². The van der Waals surface area contributed by atoms with Gasteiger partial charge in [0.25, 0.3) is 0 Å². The van der Waals surface area contributed by atoms with Crippen LogP contribution in [-0.4, -0.2) is 23.8 Å². The fourth-order valence-corrected chi connectivity index (χ4v) is 1.78. The number of hydrogen-bond donors (Lipinski definition) is 1. The van der Waals surface area contributed by atoms with Crippen LogP contribution >= 0.6 is 0 Å². The number of nitrogens with zero attached hydrogens (tertiary/aromatic N) is 2. The molecule has 1 heterocycles. The summed E-state index contributed by atoms with van der Waals surface area (Å²) in [5.41, 5.74) is 5.66. The van der Waals surface area contributed by atoms with Crippen LogP contribution in [-0.2, 0) is 11.2 Å². The predicted molar refractivity (Wildman–Crippen MR) is 65.4 cm³/mol. The summed E-state index contributed by atoms with van der Waals surface area (Å²) in [4.78, 5) is 4.38. The second-order valence-corrected chi connectivity index (χ2v) is 4.66. The van der Waals surface area contributed by atoms with Crippen molar-refractivity contribution in [1.82, 2.24) is 10.1 Å². The first-order chi connectivity index (χ1) is 8.12. The van der Waals surface area contributed by atoms with Gasteiger partial charge in [-0.2, -0.15) is 4.98 Å². The molecule has 0 saturated heterocycles. The van der Waals surface area contributed by atoms with Gasteiger partial charge in [0.05, 0.1) is 0 Å². The van der Waals surface area contributed by atoms with Gasteiger partial charge in [-0.1, -0.05) is 32.3 Å². The highest BCUT2D eigenvalue weighted by atomic mass is 16.5. The summed E-state index contributed by atoms with van der Waals surface area (Å²) in [6.07, 6.45) is 1.66. The van der Waals surface area contributed by atoms with Gasteiger partial charge in [-0.25, -0.2) is 0 Å². The summed E-state index contributed by atoms with van der Waals surface area (Å²) in [5, 5.41) is 3.98. The Kier molecular flexibility index (Phi) is 5.58. The minimum atomic E-state index is -0.106. The zero-order valence-corrected chi connectivity index (χ0v) is 11.1. The molecule has 5 nitrogen and oxygen atoms in total. The highest BCUT2D eigenvalue weighted by Crippen LogP contribution is 2.22. The van der Waals surface area contributed by atoms with Gasteiger partial charge >= 0.3 is 0 Å². The SMILES string of the molecule is CCC(CN)Cc1nc(C(OC)C(C)C)no1. The van der Waals surface area contributed by atoms with Gasteiger partial charge in [0.2, 0.25) is 11.7 Å². The molecule has 2 N–H and O–H groups in total. The van der Waals surface area contributed by atoms with Gasteiger partial charge in [0, 0.05) is 13.5 Å². The van der Waals surface area contributed by atoms with Crippen LogP contribution in [0.2, 0.25) is 0 Å². The normalized spacial score (nSPS) is 15.2. The lowest BCUT2D eigenvalue weighted by atomic mass is 10.0. The Bertz CT molecular complexity index is 321. The van der Waals surface area contributed by atoms with Crippen molar-refractivity contribution in [3.63, 3.8) is 0 Å². The van der Waals surface area contributed by atoms with Gasteiger partial charge in [-0.05, 0) is 18.4 Å². The van der Waals surface area contributed by atoms with Crippen LogP contribution in [0.5, 0.6) is 0 Å². The van der Waals surface area contributed by atoms with Crippen molar-refractivity contribution in [2.24, 2.45) is 17.6 Å². The summed E-state index contributed by atoms with van der Waals surface area (Å²) in [7, 11) is 1.66. The van der Waals surface area contributed by atoms with E-state index in [2.05, 4.69) is 30.9 Å². The van der Waals surface area contributed by atoms with E-state index in [1.165, 1.54) is 0 Å². The molecule has 0 spiro atoms. The molecule has 0 amide bonds. The maximum absolute atomic E-state index is 5.66. The zero-order chi connectivity index (χ0) is 12.8. The highest BCUT2D eigenvalue weighted by Gasteiger charge is 2.22. The average Bonchev–Trinajstić information content (AvgIpc) is 2.74. The van der Waals surface area contributed by atoms with Crippen molar-refractivity contribution >= 4 is 0 Å². The van der Waals surface area contributed by atoms with E-state index in [1.807, 2.05) is 0 Å². The summed E-state index contributed by atoms with van der Waals surface area (Å²) in [6, 6.07) is 0. The minimum absolute atomic E-state index is 0.106. The van der Waals surface area contributed by atoms with Crippen molar-refractivity contribution in [3.05, 3.63) is 11.7 Å². The Hall–Kier alpha value is -0.940. The molecule has 17 heavy (non-hydrogen) atoms. The average molecular weight is 241 g/mol. The topological polar surface area (TPSA) is 74.2 Å². The van der Waals surface area contributed by atoms with Crippen LogP contribution in [0.3, 0.4) is 0 Å². The zero-order valence-electron chi connectivity index (χ0n) is 11.1. The number of methoxy groups -OCH3 is 1. The molecule has 0 aliphatic rings. The van der Waals surface area contributed by atoms with Crippen LogP contribution < -0.4 is 5.73 Å². The van der Waals surface area contributed by atoms with Crippen molar-refractivity contribution in [3.8, 4) is 0 Å². The number of aromatic nitrogens is 2. The molecule has 1 aromatic heterocycles. The maximum Gasteiger partial charge on any atom is 0.227 e. The summed E-state index contributed by atoms with van der Waals surface area (Å²) < 4.78 is 10.6. The molecule has 1 aromatic rings. The monoisotopic (exact) mass is 241 g/mol. The first-order valence-corrected chi connectivity index (χ1v) is 6.17. The predicted octanol–water partition coefficient (Wildman–Crippen LogP) is 1.94. The van der Waals surface area contributed by atoms with Gasteiger partial charge < -0.3 is 15.0 Å². The van der Waals surface area contributed by atoms with Crippen molar-refractivity contribution in [2.45, 2.75) is 39.7 Å². The van der Waals surface area contributed by atoms with E-state index in [0.29, 0.717) is 30.1 Å². The molecule has 0 fully saturated rings. The molecule has 0 bridgehead atoms. The Balaban J connectivity index is 2.70. The highest BCUT2D eigenvalue weighted by molar-refractivity contribution is 4.93. The Morgan fingerprint density at radius 1 is 1.41 bits per heavy atom. The van der Waals surface area contributed by atoms with Crippen molar-refractivity contribution < 1.29 is 9.26 Å². The van der Waals surface area contributed by atoms with Crippen molar-refractivity contribution in [1.29, 1.82) is 0 Å². The number of hydrogen-bond acceptors (Lipinski definition) is 5. The van der Waals surface area contributed by atoms with E-state index in [0.717, 1.165) is 12.8 Å². The molecule has 5 heteroatoms. The Labute approximate surface area is 103 Å². The number of rotatable bonds is 7. The van der Waals surface area contributed by atoms with E-state index in [9.17, 15) is 0 Å². The lowest BCUT2D eigenvalue weighted by Crippen LogP contribution is -2.16. The third-order valence-corrected chi connectivity index (χ3v) is 2.97. The molecular weight excluding hydrogens is 218 g/mol. The fourth-order valence-electron chi connectivity index (χ4n) is 1.78. The fraction of sp³-hybridized carbons (Fsp3) is 0.833. The van der Waals surface area contributed by atoms with Crippen LogP contribution in [0, 0.1) is 11.8 Å². The third kappa shape index (κ3) is 3.78. The molecule has 0 aliphatic heterocycles.